The molecule has 0 N–H and O–H groups in total. The van der Waals surface area contributed by atoms with Gasteiger partial charge in [0.2, 0.25) is 0 Å². The normalized spacial score (nSPS) is 13.2. The summed E-state index contributed by atoms with van der Waals surface area (Å²) in [6.45, 7) is 13.2. The highest BCUT2D eigenvalue weighted by atomic mass is 16.5. The van der Waals surface area contributed by atoms with E-state index in [0.717, 1.165) is 24.3 Å². The summed E-state index contributed by atoms with van der Waals surface area (Å²) in [5, 5.41) is 4.11. The standard InChI is InChI=1S/C13H23NO/c1-12(2,3)8-7-10-9-11(15-14-10)13(4,5)6/h9H,7-8H2,1-6H3. The highest BCUT2D eigenvalue weighted by Gasteiger charge is 2.20. The van der Waals surface area contributed by atoms with E-state index in [-0.39, 0.29) is 5.41 Å². The van der Waals surface area contributed by atoms with Crippen molar-refractivity contribution in [1.82, 2.24) is 5.16 Å². The molecule has 0 aliphatic heterocycles. The van der Waals surface area contributed by atoms with Gasteiger partial charge in [-0.15, -0.1) is 0 Å². The molecule has 0 aliphatic rings. The number of aryl methyl sites for hydroxylation is 1. The van der Waals surface area contributed by atoms with Crippen LogP contribution in [0, 0.1) is 5.41 Å². The van der Waals surface area contributed by atoms with Crippen molar-refractivity contribution in [1.29, 1.82) is 0 Å². The van der Waals surface area contributed by atoms with Crippen LogP contribution in [0.2, 0.25) is 0 Å². The Bertz CT molecular complexity index is 312. The van der Waals surface area contributed by atoms with E-state index in [1.54, 1.807) is 0 Å². The third-order valence-electron chi connectivity index (χ3n) is 2.43. The lowest BCUT2D eigenvalue weighted by Gasteiger charge is -2.16. The van der Waals surface area contributed by atoms with Crippen LogP contribution in [0.15, 0.2) is 10.6 Å². The van der Waals surface area contributed by atoms with Crippen molar-refractivity contribution in [2.75, 3.05) is 0 Å². The second kappa shape index (κ2) is 3.99. The van der Waals surface area contributed by atoms with Gasteiger partial charge in [-0.3, -0.25) is 0 Å². The third kappa shape index (κ3) is 4.06. The first-order valence-electron chi connectivity index (χ1n) is 5.64. The summed E-state index contributed by atoms with van der Waals surface area (Å²) in [6.07, 6.45) is 2.15. The average molecular weight is 209 g/mol. The molecule has 1 heterocycles. The zero-order valence-electron chi connectivity index (χ0n) is 10.8. The molecule has 0 unspecified atom stereocenters. The maximum atomic E-state index is 5.34. The molecular formula is C13H23NO. The first kappa shape index (κ1) is 12.3. The Morgan fingerprint density at radius 1 is 1.13 bits per heavy atom. The minimum atomic E-state index is 0.0625. The minimum absolute atomic E-state index is 0.0625. The maximum absolute atomic E-state index is 5.34. The van der Waals surface area contributed by atoms with E-state index in [4.69, 9.17) is 4.52 Å². The SMILES string of the molecule is CC(C)(C)CCc1cc(C(C)(C)C)on1. The van der Waals surface area contributed by atoms with E-state index < -0.39 is 0 Å². The predicted molar refractivity (Wildman–Crippen MR) is 63.0 cm³/mol. The number of hydrogen-bond donors (Lipinski definition) is 0. The monoisotopic (exact) mass is 209 g/mol. The average Bonchev–Trinajstić information content (AvgIpc) is 2.45. The molecule has 1 aromatic heterocycles. The molecule has 0 atom stereocenters. The van der Waals surface area contributed by atoms with Gasteiger partial charge in [-0.2, -0.15) is 0 Å². The van der Waals surface area contributed by atoms with Crippen molar-refractivity contribution in [3.63, 3.8) is 0 Å². The molecule has 1 rings (SSSR count). The molecule has 0 bridgehead atoms. The van der Waals surface area contributed by atoms with Gasteiger partial charge in [0.05, 0.1) is 5.69 Å². The molecule has 0 aliphatic carbocycles. The highest BCUT2D eigenvalue weighted by molar-refractivity contribution is 5.13. The minimum Gasteiger partial charge on any atom is -0.361 e. The largest absolute Gasteiger partial charge is 0.361 e. The number of aromatic nitrogens is 1. The van der Waals surface area contributed by atoms with Crippen molar-refractivity contribution in [3.05, 3.63) is 17.5 Å². The van der Waals surface area contributed by atoms with Crippen LogP contribution in [0.25, 0.3) is 0 Å². The summed E-state index contributed by atoms with van der Waals surface area (Å²) in [5.41, 5.74) is 1.50. The molecule has 86 valence electrons. The van der Waals surface area contributed by atoms with Crippen molar-refractivity contribution in [2.45, 2.75) is 59.8 Å². The first-order chi connectivity index (χ1) is 6.68. The zero-order valence-corrected chi connectivity index (χ0v) is 10.8. The lowest BCUT2D eigenvalue weighted by Crippen LogP contribution is -2.09. The Morgan fingerprint density at radius 2 is 1.73 bits per heavy atom. The Hall–Kier alpha value is -0.790. The van der Waals surface area contributed by atoms with Gasteiger partial charge >= 0.3 is 0 Å². The molecule has 0 saturated heterocycles. The van der Waals surface area contributed by atoms with Crippen LogP contribution in [0.4, 0.5) is 0 Å². The van der Waals surface area contributed by atoms with Crippen molar-refractivity contribution < 1.29 is 4.52 Å². The van der Waals surface area contributed by atoms with Crippen LogP contribution < -0.4 is 0 Å². The molecule has 1 aromatic rings. The Kier molecular flexibility index (Phi) is 3.27. The molecule has 0 aromatic carbocycles. The van der Waals surface area contributed by atoms with E-state index >= 15 is 0 Å². The van der Waals surface area contributed by atoms with Crippen molar-refractivity contribution in [2.24, 2.45) is 5.41 Å². The van der Waals surface area contributed by atoms with E-state index in [2.05, 4.69) is 52.8 Å². The van der Waals surface area contributed by atoms with E-state index in [1.165, 1.54) is 0 Å². The van der Waals surface area contributed by atoms with Gasteiger partial charge in [0.15, 0.2) is 0 Å². The molecule has 2 nitrogen and oxygen atoms in total. The summed E-state index contributed by atoms with van der Waals surface area (Å²) in [6, 6.07) is 2.09. The summed E-state index contributed by atoms with van der Waals surface area (Å²) >= 11 is 0. The molecule has 15 heavy (non-hydrogen) atoms. The van der Waals surface area contributed by atoms with Gasteiger partial charge in [0, 0.05) is 11.5 Å². The Morgan fingerprint density at radius 3 is 2.13 bits per heavy atom. The fraction of sp³-hybridized carbons (Fsp3) is 0.769. The zero-order chi connectivity index (χ0) is 11.7. The fourth-order valence-corrected chi connectivity index (χ4v) is 1.29. The van der Waals surface area contributed by atoms with Crippen LogP contribution in [0.5, 0.6) is 0 Å². The van der Waals surface area contributed by atoms with Gasteiger partial charge in [-0.1, -0.05) is 46.7 Å². The Labute approximate surface area is 93.0 Å². The maximum Gasteiger partial charge on any atom is 0.142 e. The van der Waals surface area contributed by atoms with E-state index in [1.807, 2.05) is 0 Å². The lowest BCUT2D eigenvalue weighted by atomic mass is 9.89. The van der Waals surface area contributed by atoms with Crippen LogP contribution in [-0.4, -0.2) is 5.16 Å². The van der Waals surface area contributed by atoms with Crippen molar-refractivity contribution >= 4 is 0 Å². The van der Waals surface area contributed by atoms with Gasteiger partial charge < -0.3 is 4.52 Å². The molecule has 0 amide bonds. The Balaban J connectivity index is 2.62. The van der Waals surface area contributed by atoms with Gasteiger partial charge in [0.25, 0.3) is 0 Å². The number of nitrogens with zero attached hydrogens (tertiary/aromatic N) is 1. The fourth-order valence-electron chi connectivity index (χ4n) is 1.29. The molecular weight excluding hydrogens is 186 g/mol. The van der Waals surface area contributed by atoms with Gasteiger partial charge in [-0.25, -0.2) is 0 Å². The van der Waals surface area contributed by atoms with Crippen molar-refractivity contribution in [3.8, 4) is 0 Å². The molecule has 0 spiro atoms. The second-order valence-corrected chi connectivity index (χ2v) is 6.49. The van der Waals surface area contributed by atoms with Crippen LogP contribution in [0.3, 0.4) is 0 Å². The number of rotatable bonds is 2. The molecule has 0 fully saturated rings. The van der Waals surface area contributed by atoms with Crippen LogP contribution in [-0.2, 0) is 11.8 Å². The summed E-state index contributed by atoms with van der Waals surface area (Å²) in [5.74, 6) is 0.978. The van der Waals surface area contributed by atoms with E-state index in [9.17, 15) is 0 Å². The summed E-state index contributed by atoms with van der Waals surface area (Å²) in [4.78, 5) is 0. The first-order valence-corrected chi connectivity index (χ1v) is 5.64. The van der Waals surface area contributed by atoms with Crippen LogP contribution >= 0.6 is 0 Å². The number of hydrogen-bond acceptors (Lipinski definition) is 2. The second-order valence-electron chi connectivity index (χ2n) is 6.49. The molecule has 0 radical (unpaired) electrons. The molecule has 2 heteroatoms. The molecule has 0 saturated carbocycles. The van der Waals surface area contributed by atoms with Crippen LogP contribution in [0.1, 0.15) is 59.4 Å². The summed E-state index contributed by atoms with van der Waals surface area (Å²) < 4.78 is 5.34. The van der Waals surface area contributed by atoms with Gasteiger partial charge in [0.1, 0.15) is 5.76 Å². The van der Waals surface area contributed by atoms with Gasteiger partial charge in [-0.05, 0) is 18.3 Å². The topological polar surface area (TPSA) is 26.0 Å². The summed E-state index contributed by atoms with van der Waals surface area (Å²) in [7, 11) is 0. The third-order valence-corrected chi connectivity index (χ3v) is 2.43. The highest BCUT2D eigenvalue weighted by Crippen LogP contribution is 2.25. The predicted octanol–water partition coefficient (Wildman–Crippen LogP) is 3.95. The van der Waals surface area contributed by atoms with E-state index in [0.29, 0.717) is 5.41 Å². The smallest absolute Gasteiger partial charge is 0.142 e. The lowest BCUT2D eigenvalue weighted by molar-refractivity contribution is 0.321. The quantitative estimate of drug-likeness (QED) is 0.737.